The molecule has 0 radical (unpaired) electrons. The Labute approximate surface area is 117 Å². The zero-order chi connectivity index (χ0) is 13.9. The molecule has 3 N–H and O–H groups in total. The largest absolute Gasteiger partial charge is 0.497 e. The molecule has 0 aliphatic rings. The average molecular weight is 264 g/mol. The van der Waals surface area contributed by atoms with Gasteiger partial charge in [-0.05, 0) is 30.5 Å². The number of rotatable bonds is 10. The summed E-state index contributed by atoms with van der Waals surface area (Å²) in [6, 6.07) is 8.57. The SMILES string of the molecule is CCCCCCCC(Cc1cccc(OC)c1)NN. The number of unbranched alkanes of at least 4 members (excludes halogenated alkanes) is 4. The molecule has 0 amide bonds. The van der Waals surface area contributed by atoms with Crippen LogP contribution >= 0.6 is 0 Å². The normalized spacial score (nSPS) is 12.4. The van der Waals surface area contributed by atoms with Gasteiger partial charge < -0.3 is 4.74 Å². The van der Waals surface area contributed by atoms with E-state index >= 15 is 0 Å². The van der Waals surface area contributed by atoms with Gasteiger partial charge >= 0.3 is 0 Å². The molecule has 3 nitrogen and oxygen atoms in total. The summed E-state index contributed by atoms with van der Waals surface area (Å²) in [6.45, 7) is 2.24. The molecule has 0 aliphatic carbocycles. The van der Waals surface area contributed by atoms with Gasteiger partial charge in [0.25, 0.3) is 0 Å². The van der Waals surface area contributed by atoms with Crippen LogP contribution in [0, 0.1) is 0 Å². The van der Waals surface area contributed by atoms with Gasteiger partial charge in [-0.3, -0.25) is 11.3 Å². The highest BCUT2D eigenvalue weighted by atomic mass is 16.5. The molecule has 0 saturated heterocycles. The van der Waals surface area contributed by atoms with Crippen LogP contribution in [0.1, 0.15) is 51.0 Å². The lowest BCUT2D eigenvalue weighted by molar-refractivity contribution is 0.413. The smallest absolute Gasteiger partial charge is 0.119 e. The van der Waals surface area contributed by atoms with Crippen molar-refractivity contribution in [3.8, 4) is 5.75 Å². The van der Waals surface area contributed by atoms with Crippen molar-refractivity contribution in [2.75, 3.05) is 7.11 Å². The second-order valence-corrected chi connectivity index (χ2v) is 5.12. The van der Waals surface area contributed by atoms with Gasteiger partial charge in [0.05, 0.1) is 7.11 Å². The van der Waals surface area contributed by atoms with Gasteiger partial charge in [-0.15, -0.1) is 0 Å². The van der Waals surface area contributed by atoms with Crippen LogP contribution in [0.4, 0.5) is 0 Å². The second kappa shape index (κ2) is 9.82. The Kier molecular flexibility index (Phi) is 8.26. The molecular formula is C16H28N2O. The van der Waals surface area contributed by atoms with E-state index in [9.17, 15) is 0 Å². The number of hydrogen-bond acceptors (Lipinski definition) is 3. The third-order valence-corrected chi connectivity index (χ3v) is 3.51. The Morgan fingerprint density at radius 2 is 2.00 bits per heavy atom. The van der Waals surface area contributed by atoms with Gasteiger partial charge in [0.15, 0.2) is 0 Å². The van der Waals surface area contributed by atoms with Crippen LogP contribution in [0.5, 0.6) is 5.75 Å². The fraction of sp³-hybridized carbons (Fsp3) is 0.625. The Bertz CT molecular complexity index is 341. The fourth-order valence-corrected chi connectivity index (χ4v) is 2.32. The third kappa shape index (κ3) is 6.60. The molecule has 19 heavy (non-hydrogen) atoms. The Morgan fingerprint density at radius 3 is 2.68 bits per heavy atom. The summed E-state index contributed by atoms with van der Waals surface area (Å²) in [5.74, 6) is 6.56. The minimum Gasteiger partial charge on any atom is -0.497 e. The maximum atomic E-state index is 5.65. The molecule has 1 aromatic carbocycles. The number of hydrogen-bond donors (Lipinski definition) is 2. The number of hydrazine groups is 1. The van der Waals surface area contributed by atoms with Crippen molar-refractivity contribution in [1.29, 1.82) is 0 Å². The van der Waals surface area contributed by atoms with Crippen LogP contribution in [0.2, 0.25) is 0 Å². The third-order valence-electron chi connectivity index (χ3n) is 3.51. The highest BCUT2D eigenvalue weighted by molar-refractivity contribution is 5.28. The molecule has 1 rings (SSSR count). The summed E-state index contributed by atoms with van der Waals surface area (Å²) in [6.07, 6.45) is 8.63. The first kappa shape index (κ1) is 16.0. The van der Waals surface area contributed by atoms with Crippen molar-refractivity contribution in [1.82, 2.24) is 5.43 Å². The van der Waals surface area contributed by atoms with Crippen molar-refractivity contribution in [2.45, 2.75) is 57.9 Å². The number of methoxy groups -OCH3 is 1. The molecule has 0 fully saturated rings. The Morgan fingerprint density at radius 1 is 1.21 bits per heavy atom. The number of ether oxygens (including phenoxy) is 1. The van der Waals surface area contributed by atoms with Gasteiger partial charge in [-0.2, -0.15) is 0 Å². The van der Waals surface area contributed by atoms with Crippen molar-refractivity contribution in [3.05, 3.63) is 29.8 Å². The molecule has 3 heteroatoms. The average Bonchev–Trinajstić information content (AvgIpc) is 2.46. The van der Waals surface area contributed by atoms with Crippen LogP contribution in [0.15, 0.2) is 24.3 Å². The summed E-state index contributed by atoms with van der Waals surface area (Å²) in [7, 11) is 1.70. The predicted octanol–water partition coefficient (Wildman–Crippen LogP) is 3.43. The number of benzene rings is 1. The summed E-state index contributed by atoms with van der Waals surface area (Å²) in [4.78, 5) is 0. The van der Waals surface area contributed by atoms with Gasteiger partial charge in [-0.1, -0.05) is 51.2 Å². The molecule has 0 saturated carbocycles. The van der Waals surface area contributed by atoms with Crippen LogP contribution in [-0.4, -0.2) is 13.2 Å². The zero-order valence-corrected chi connectivity index (χ0v) is 12.3. The van der Waals surface area contributed by atoms with Crippen LogP contribution in [-0.2, 0) is 6.42 Å². The fourth-order valence-electron chi connectivity index (χ4n) is 2.32. The molecule has 0 aliphatic heterocycles. The maximum Gasteiger partial charge on any atom is 0.119 e. The molecular weight excluding hydrogens is 236 g/mol. The molecule has 1 atom stereocenters. The highest BCUT2D eigenvalue weighted by Crippen LogP contribution is 2.16. The van der Waals surface area contributed by atoms with Crippen LogP contribution in [0.25, 0.3) is 0 Å². The predicted molar refractivity (Wildman–Crippen MR) is 81.2 cm³/mol. The van der Waals surface area contributed by atoms with Crippen molar-refractivity contribution in [2.24, 2.45) is 5.84 Å². The van der Waals surface area contributed by atoms with Gasteiger partial charge in [-0.25, -0.2) is 0 Å². The molecule has 0 spiro atoms. The van der Waals surface area contributed by atoms with Crippen molar-refractivity contribution < 1.29 is 4.74 Å². The monoisotopic (exact) mass is 264 g/mol. The molecule has 1 aromatic rings. The minimum absolute atomic E-state index is 0.355. The van der Waals surface area contributed by atoms with E-state index in [1.165, 1.54) is 37.7 Å². The van der Waals surface area contributed by atoms with Crippen LogP contribution < -0.4 is 16.0 Å². The lowest BCUT2D eigenvalue weighted by Crippen LogP contribution is -2.36. The van der Waals surface area contributed by atoms with E-state index in [0.29, 0.717) is 6.04 Å². The summed E-state index contributed by atoms with van der Waals surface area (Å²) >= 11 is 0. The van der Waals surface area contributed by atoms with E-state index in [1.54, 1.807) is 7.11 Å². The lowest BCUT2D eigenvalue weighted by Gasteiger charge is -2.16. The minimum atomic E-state index is 0.355. The van der Waals surface area contributed by atoms with E-state index in [0.717, 1.165) is 18.6 Å². The van der Waals surface area contributed by atoms with Gasteiger partial charge in [0.1, 0.15) is 5.75 Å². The highest BCUT2D eigenvalue weighted by Gasteiger charge is 2.08. The van der Waals surface area contributed by atoms with Gasteiger partial charge in [0, 0.05) is 6.04 Å². The topological polar surface area (TPSA) is 47.3 Å². The van der Waals surface area contributed by atoms with Gasteiger partial charge in [0.2, 0.25) is 0 Å². The standard InChI is InChI=1S/C16H28N2O/c1-3-4-5-6-7-10-15(18-17)12-14-9-8-11-16(13-14)19-2/h8-9,11,13,15,18H,3-7,10,12,17H2,1-2H3. The maximum absolute atomic E-state index is 5.65. The molecule has 1 unspecified atom stereocenters. The summed E-state index contributed by atoms with van der Waals surface area (Å²) in [5.41, 5.74) is 4.21. The number of nitrogens with two attached hydrogens (primary N) is 1. The van der Waals surface area contributed by atoms with Crippen molar-refractivity contribution in [3.63, 3.8) is 0 Å². The number of nitrogens with one attached hydrogen (secondary N) is 1. The first-order chi connectivity index (χ1) is 9.30. The van der Waals surface area contributed by atoms with E-state index < -0.39 is 0 Å². The van der Waals surface area contributed by atoms with E-state index in [4.69, 9.17) is 10.6 Å². The summed E-state index contributed by atoms with van der Waals surface area (Å²) < 4.78 is 5.24. The first-order valence-corrected chi connectivity index (χ1v) is 7.39. The molecule has 108 valence electrons. The second-order valence-electron chi connectivity index (χ2n) is 5.12. The quantitative estimate of drug-likeness (QED) is 0.387. The lowest BCUT2D eigenvalue weighted by atomic mass is 10.00. The van der Waals surface area contributed by atoms with E-state index in [2.05, 4.69) is 24.5 Å². The molecule has 0 bridgehead atoms. The Hall–Kier alpha value is -1.06. The van der Waals surface area contributed by atoms with Crippen LogP contribution in [0.3, 0.4) is 0 Å². The molecule has 0 heterocycles. The molecule has 0 aromatic heterocycles. The Balaban J connectivity index is 2.34. The first-order valence-electron chi connectivity index (χ1n) is 7.39. The summed E-state index contributed by atoms with van der Waals surface area (Å²) in [5, 5.41) is 0. The van der Waals surface area contributed by atoms with Crippen molar-refractivity contribution >= 4 is 0 Å². The zero-order valence-electron chi connectivity index (χ0n) is 12.3. The van der Waals surface area contributed by atoms with E-state index in [-0.39, 0.29) is 0 Å². The van der Waals surface area contributed by atoms with E-state index in [1.807, 2.05) is 12.1 Å².